The van der Waals surface area contributed by atoms with Crippen molar-refractivity contribution in [1.29, 1.82) is 0 Å². The Bertz CT molecular complexity index is 567. The largest absolute Gasteiger partial charge is 0.441 e. The summed E-state index contributed by atoms with van der Waals surface area (Å²) in [7, 11) is 0. The number of aryl methyl sites for hydroxylation is 1. The van der Waals surface area contributed by atoms with Crippen molar-refractivity contribution in [2.45, 2.75) is 32.2 Å². The predicted octanol–water partition coefficient (Wildman–Crippen LogP) is 2.30. The van der Waals surface area contributed by atoms with Crippen LogP contribution in [0.3, 0.4) is 0 Å². The summed E-state index contributed by atoms with van der Waals surface area (Å²) < 4.78 is 5.53. The van der Waals surface area contributed by atoms with Crippen LogP contribution in [-0.2, 0) is 0 Å². The summed E-state index contributed by atoms with van der Waals surface area (Å²) in [6, 6.07) is 5.75. The quantitative estimate of drug-likeness (QED) is 0.871. The van der Waals surface area contributed by atoms with Crippen LogP contribution in [0.5, 0.6) is 0 Å². The first-order chi connectivity index (χ1) is 8.64. The molecule has 0 spiro atoms. The minimum Gasteiger partial charge on any atom is -0.441 e. The Morgan fingerprint density at radius 1 is 1.50 bits per heavy atom. The number of nitrogens with zero attached hydrogens (tertiary/aromatic N) is 1. The zero-order valence-corrected chi connectivity index (χ0v) is 10.5. The molecule has 4 heteroatoms. The molecule has 1 fully saturated rings. The van der Waals surface area contributed by atoms with Gasteiger partial charge in [-0.1, -0.05) is 12.5 Å². The molecule has 96 valence electrons. The lowest BCUT2D eigenvalue weighted by Gasteiger charge is -2.45. The van der Waals surface area contributed by atoms with Gasteiger partial charge in [0.05, 0.1) is 6.61 Å². The van der Waals surface area contributed by atoms with Crippen LogP contribution in [0.25, 0.3) is 11.1 Å². The summed E-state index contributed by atoms with van der Waals surface area (Å²) in [6.07, 6.45) is 3.15. The molecule has 1 aromatic heterocycles. The summed E-state index contributed by atoms with van der Waals surface area (Å²) in [5.74, 6) is 0.663. The van der Waals surface area contributed by atoms with E-state index in [1.54, 1.807) is 0 Å². The smallest absolute Gasteiger partial charge is 0.192 e. The van der Waals surface area contributed by atoms with Crippen LogP contribution in [0.4, 0.5) is 0 Å². The molecule has 0 bridgehead atoms. The summed E-state index contributed by atoms with van der Waals surface area (Å²) in [5, 5.41) is 9.57. The monoisotopic (exact) mass is 246 g/mol. The number of aliphatic hydroxyl groups is 1. The van der Waals surface area contributed by atoms with Crippen LogP contribution >= 0.6 is 0 Å². The second-order valence-electron chi connectivity index (χ2n) is 5.31. The average Bonchev–Trinajstić information content (AvgIpc) is 2.67. The first kappa shape index (κ1) is 11.7. The highest BCUT2D eigenvalue weighted by atomic mass is 16.3. The number of aromatic nitrogens is 1. The zero-order chi connectivity index (χ0) is 12.8. The molecule has 1 aliphatic carbocycles. The zero-order valence-electron chi connectivity index (χ0n) is 10.5. The maximum absolute atomic E-state index is 9.57. The molecule has 0 amide bonds. The number of nitrogens with two attached hydrogens (primary N) is 1. The standard InChI is InChI=1S/C14H18N2O2/c1-9-16-11-4-3-10(7-12(11)18-9)13(15)14(8-17)5-2-6-14/h3-4,7,13,17H,2,5-6,8,15H2,1H3. The number of oxazole rings is 1. The fourth-order valence-corrected chi connectivity index (χ4v) is 2.80. The number of rotatable bonds is 3. The summed E-state index contributed by atoms with van der Waals surface area (Å²) in [4.78, 5) is 4.27. The Morgan fingerprint density at radius 2 is 2.28 bits per heavy atom. The van der Waals surface area contributed by atoms with Gasteiger partial charge in [-0.25, -0.2) is 4.98 Å². The lowest BCUT2D eigenvalue weighted by atomic mass is 9.63. The van der Waals surface area contributed by atoms with E-state index in [-0.39, 0.29) is 18.1 Å². The highest BCUT2D eigenvalue weighted by Crippen LogP contribution is 2.48. The van der Waals surface area contributed by atoms with E-state index in [9.17, 15) is 5.11 Å². The van der Waals surface area contributed by atoms with E-state index in [2.05, 4.69) is 4.98 Å². The third-order valence-corrected chi connectivity index (χ3v) is 4.20. The van der Waals surface area contributed by atoms with E-state index in [4.69, 9.17) is 10.2 Å². The molecule has 1 atom stereocenters. The van der Waals surface area contributed by atoms with Gasteiger partial charge < -0.3 is 15.3 Å². The number of aliphatic hydroxyl groups excluding tert-OH is 1. The van der Waals surface area contributed by atoms with Crippen LogP contribution in [0.1, 0.15) is 36.8 Å². The highest BCUT2D eigenvalue weighted by Gasteiger charge is 2.42. The fraction of sp³-hybridized carbons (Fsp3) is 0.500. The summed E-state index contributed by atoms with van der Waals surface area (Å²) >= 11 is 0. The van der Waals surface area contributed by atoms with Crippen molar-refractivity contribution in [3.63, 3.8) is 0 Å². The molecule has 0 radical (unpaired) electrons. The first-order valence-corrected chi connectivity index (χ1v) is 6.38. The Kier molecular flexibility index (Phi) is 2.64. The molecule has 1 saturated carbocycles. The van der Waals surface area contributed by atoms with Gasteiger partial charge in [0.25, 0.3) is 0 Å². The van der Waals surface area contributed by atoms with E-state index >= 15 is 0 Å². The molecule has 1 heterocycles. The van der Waals surface area contributed by atoms with Crippen molar-refractivity contribution in [3.8, 4) is 0 Å². The molecular weight excluding hydrogens is 228 g/mol. The minimum atomic E-state index is -0.136. The van der Waals surface area contributed by atoms with Gasteiger partial charge in [-0.15, -0.1) is 0 Å². The Labute approximate surface area is 106 Å². The average molecular weight is 246 g/mol. The fourth-order valence-electron chi connectivity index (χ4n) is 2.80. The Morgan fingerprint density at radius 3 is 2.89 bits per heavy atom. The molecule has 4 nitrogen and oxygen atoms in total. The number of benzene rings is 1. The first-order valence-electron chi connectivity index (χ1n) is 6.38. The van der Waals surface area contributed by atoms with Crippen LogP contribution in [0.15, 0.2) is 22.6 Å². The topological polar surface area (TPSA) is 72.3 Å². The predicted molar refractivity (Wildman–Crippen MR) is 69.0 cm³/mol. The molecule has 1 aromatic carbocycles. The number of fused-ring (bicyclic) bond motifs is 1. The van der Waals surface area contributed by atoms with Crippen molar-refractivity contribution in [2.24, 2.45) is 11.1 Å². The van der Waals surface area contributed by atoms with Crippen molar-refractivity contribution < 1.29 is 9.52 Å². The third-order valence-electron chi connectivity index (χ3n) is 4.20. The molecular formula is C14H18N2O2. The Balaban J connectivity index is 1.98. The van der Waals surface area contributed by atoms with Crippen LogP contribution in [0, 0.1) is 12.3 Å². The van der Waals surface area contributed by atoms with E-state index in [1.807, 2.05) is 25.1 Å². The van der Waals surface area contributed by atoms with Gasteiger partial charge in [0.15, 0.2) is 11.5 Å². The van der Waals surface area contributed by atoms with Gasteiger partial charge in [0.1, 0.15) is 5.52 Å². The van der Waals surface area contributed by atoms with Crippen molar-refractivity contribution in [2.75, 3.05) is 6.61 Å². The number of hydrogen-bond donors (Lipinski definition) is 2. The van der Waals surface area contributed by atoms with E-state index < -0.39 is 0 Å². The maximum Gasteiger partial charge on any atom is 0.192 e. The maximum atomic E-state index is 9.57. The van der Waals surface area contributed by atoms with Gasteiger partial charge in [0.2, 0.25) is 0 Å². The molecule has 18 heavy (non-hydrogen) atoms. The minimum absolute atomic E-state index is 0.133. The number of hydrogen-bond acceptors (Lipinski definition) is 4. The molecule has 0 saturated heterocycles. The highest BCUT2D eigenvalue weighted by molar-refractivity contribution is 5.73. The SMILES string of the molecule is Cc1nc2ccc(C(N)C3(CO)CCC3)cc2o1. The van der Waals surface area contributed by atoms with Crippen molar-refractivity contribution in [3.05, 3.63) is 29.7 Å². The molecule has 0 aliphatic heterocycles. The second kappa shape index (κ2) is 4.07. The van der Waals surface area contributed by atoms with Crippen LogP contribution in [-0.4, -0.2) is 16.7 Å². The van der Waals surface area contributed by atoms with Gasteiger partial charge in [-0.3, -0.25) is 0 Å². The molecule has 3 rings (SSSR count). The van der Waals surface area contributed by atoms with Crippen LogP contribution in [0.2, 0.25) is 0 Å². The van der Waals surface area contributed by atoms with Gasteiger partial charge in [-0.2, -0.15) is 0 Å². The van der Waals surface area contributed by atoms with Gasteiger partial charge in [0, 0.05) is 18.4 Å². The van der Waals surface area contributed by atoms with Gasteiger partial charge in [-0.05, 0) is 30.5 Å². The molecule has 1 aliphatic rings. The van der Waals surface area contributed by atoms with E-state index in [0.29, 0.717) is 5.89 Å². The lowest BCUT2D eigenvalue weighted by molar-refractivity contribution is 0.0184. The second-order valence-corrected chi connectivity index (χ2v) is 5.31. The summed E-state index contributed by atoms with van der Waals surface area (Å²) in [6.45, 7) is 1.99. The normalized spacial score (nSPS) is 19.7. The third kappa shape index (κ3) is 1.64. The molecule has 1 unspecified atom stereocenters. The lowest BCUT2D eigenvalue weighted by Crippen LogP contribution is -2.43. The molecule has 3 N–H and O–H groups in total. The summed E-state index contributed by atoms with van der Waals surface area (Å²) in [5.41, 5.74) is 8.83. The Hall–Kier alpha value is -1.39. The van der Waals surface area contributed by atoms with Crippen LogP contribution < -0.4 is 5.73 Å². The van der Waals surface area contributed by atoms with E-state index in [1.165, 1.54) is 0 Å². The van der Waals surface area contributed by atoms with Crippen molar-refractivity contribution in [1.82, 2.24) is 4.98 Å². The molecule has 2 aromatic rings. The van der Waals surface area contributed by atoms with Crippen molar-refractivity contribution >= 4 is 11.1 Å². The van der Waals surface area contributed by atoms with E-state index in [0.717, 1.165) is 35.9 Å². The van der Waals surface area contributed by atoms with Gasteiger partial charge >= 0.3 is 0 Å².